The quantitative estimate of drug-likeness (QED) is 0.719. The summed E-state index contributed by atoms with van der Waals surface area (Å²) in [5, 5.41) is 10.7. The predicted molar refractivity (Wildman–Crippen MR) is 59.0 cm³/mol. The summed E-state index contributed by atoms with van der Waals surface area (Å²) in [7, 11) is 0. The van der Waals surface area contributed by atoms with E-state index in [1.165, 1.54) is 0 Å². The van der Waals surface area contributed by atoms with E-state index in [0.717, 1.165) is 0 Å². The minimum atomic E-state index is -0.785. The second-order valence-electron chi connectivity index (χ2n) is 4.62. The summed E-state index contributed by atoms with van der Waals surface area (Å²) in [4.78, 5) is 22.7. The van der Waals surface area contributed by atoms with Gasteiger partial charge in [-0.15, -0.1) is 0 Å². The van der Waals surface area contributed by atoms with Crippen molar-refractivity contribution < 1.29 is 19.4 Å². The lowest BCUT2D eigenvalue weighted by atomic mass is 10.0. The van der Waals surface area contributed by atoms with Gasteiger partial charge in [-0.1, -0.05) is 0 Å². The minimum absolute atomic E-state index is 0.0457. The van der Waals surface area contributed by atoms with Crippen LogP contribution in [0.2, 0.25) is 0 Å². The molecule has 1 aliphatic carbocycles. The number of rotatable bonds is 3. The Kier molecular flexibility index (Phi) is 3.96. The van der Waals surface area contributed by atoms with E-state index < -0.39 is 5.97 Å². The van der Waals surface area contributed by atoms with Crippen LogP contribution in [0.15, 0.2) is 0 Å². The molecule has 1 amide bonds. The van der Waals surface area contributed by atoms with Gasteiger partial charge in [0.1, 0.15) is 0 Å². The molecule has 6 nitrogen and oxygen atoms in total. The average Bonchev–Trinajstić information content (AvgIpc) is 2.79. The molecule has 2 rings (SSSR count). The fourth-order valence-corrected chi connectivity index (χ4v) is 2.37. The zero-order valence-corrected chi connectivity index (χ0v) is 9.72. The first-order valence-corrected chi connectivity index (χ1v) is 6.03. The lowest BCUT2D eigenvalue weighted by Crippen LogP contribution is -2.49. The number of carbonyl (C=O) groups is 2. The van der Waals surface area contributed by atoms with Gasteiger partial charge in [0.15, 0.2) is 0 Å². The van der Waals surface area contributed by atoms with E-state index in [1.54, 1.807) is 0 Å². The highest BCUT2D eigenvalue weighted by atomic mass is 16.5. The van der Waals surface area contributed by atoms with Crippen molar-refractivity contribution in [3.05, 3.63) is 0 Å². The van der Waals surface area contributed by atoms with Crippen LogP contribution < -0.4 is 5.43 Å². The summed E-state index contributed by atoms with van der Waals surface area (Å²) in [6.45, 7) is 2.65. The van der Waals surface area contributed by atoms with Crippen molar-refractivity contribution in [3.8, 4) is 0 Å². The SMILES string of the molecule is O=C(O)[C@H]1CC[C@@H](C(=O)NN2CCOCC2)C1. The number of aliphatic carboxylic acids is 1. The molecule has 0 aromatic carbocycles. The largest absolute Gasteiger partial charge is 0.481 e. The van der Waals surface area contributed by atoms with E-state index in [1.807, 2.05) is 5.01 Å². The zero-order valence-electron chi connectivity index (χ0n) is 9.72. The number of nitrogens with zero attached hydrogens (tertiary/aromatic N) is 1. The number of nitrogens with one attached hydrogen (secondary N) is 1. The number of morpholine rings is 1. The molecule has 0 aromatic heterocycles. The molecule has 6 heteroatoms. The second kappa shape index (κ2) is 5.46. The summed E-state index contributed by atoms with van der Waals surface area (Å²) in [5.41, 5.74) is 2.84. The van der Waals surface area contributed by atoms with Gasteiger partial charge in [-0.2, -0.15) is 0 Å². The Labute approximate surface area is 99.9 Å². The molecule has 0 bridgehead atoms. The number of carboxylic acids is 1. The molecule has 1 saturated carbocycles. The molecule has 0 aromatic rings. The monoisotopic (exact) mass is 242 g/mol. The summed E-state index contributed by atoms with van der Waals surface area (Å²) in [5.74, 6) is -1.34. The molecular weight excluding hydrogens is 224 g/mol. The van der Waals surface area contributed by atoms with Gasteiger partial charge in [-0.05, 0) is 19.3 Å². The van der Waals surface area contributed by atoms with Crippen molar-refractivity contribution in [2.24, 2.45) is 11.8 Å². The maximum absolute atomic E-state index is 11.9. The van der Waals surface area contributed by atoms with Crippen LogP contribution in [-0.4, -0.2) is 48.3 Å². The Bertz CT molecular complexity index is 302. The van der Waals surface area contributed by atoms with Crippen molar-refractivity contribution in [2.45, 2.75) is 19.3 Å². The third-order valence-electron chi connectivity index (χ3n) is 3.43. The van der Waals surface area contributed by atoms with Crippen LogP contribution in [0.5, 0.6) is 0 Å². The highest BCUT2D eigenvalue weighted by Crippen LogP contribution is 2.31. The third kappa shape index (κ3) is 3.17. The van der Waals surface area contributed by atoms with E-state index >= 15 is 0 Å². The number of carboxylic acid groups (broad SMARTS) is 1. The standard InChI is InChI=1S/C11H18N2O4/c14-10(12-13-3-5-17-6-4-13)8-1-2-9(7-8)11(15)16/h8-9H,1-7H2,(H,12,14)(H,15,16)/t8-,9+/m1/s1. The first-order valence-electron chi connectivity index (χ1n) is 6.03. The number of ether oxygens (including phenoxy) is 1. The van der Waals surface area contributed by atoms with Gasteiger partial charge in [-0.3, -0.25) is 15.0 Å². The molecule has 1 heterocycles. The normalized spacial score (nSPS) is 30.1. The van der Waals surface area contributed by atoms with Gasteiger partial charge in [0.25, 0.3) is 0 Å². The molecule has 1 aliphatic heterocycles. The lowest BCUT2D eigenvalue weighted by Gasteiger charge is -2.28. The van der Waals surface area contributed by atoms with E-state index in [4.69, 9.17) is 9.84 Å². The average molecular weight is 242 g/mol. The first-order chi connectivity index (χ1) is 8.16. The van der Waals surface area contributed by atoms with Gasteiger partial charge in [0.2, 0.25) is 5.91 Å². The fourth-order valence-electron chi connectivity index (χ4n) is 2.37. The summed E-state index contributed by atoms with van der Waals surface area (Å²) < 4.78 is 5.18. The Morgan fingerprint density at radius 1 is 1.18 bits per heavy atom. The second-order valence-corrected chi connectivity index (χ2v) is 4.62. The van der Waals surface area contributed by atoms with Gasteiger partial charge in [0.05, 0.1) is 19.1 Å². The zero-order chi connectivity index (χ0) is 12.3. The molecule has 1 saturated heterocycles. The molecule has 0 spiro atoms. The van der Waals surface area contributed by atoms with Crippen LogP contribution >= 0.6 is 0 Å². The van der Waals surface area contributed by atoms with Crippen molar-refractivity contribution in [2.75, 3.05) is 26.3 Å². The fraction of sp³-hybridized carbons (Fsp3) is 0.818. The van der Waals surface area contributed by atoms with Crippen LogP contribution in [0.4, 0.5) is 0 Å². The number of carbonyl (C=O) groups excluding carboxylic acids is 1. The highest BCUT2D eigenvalue weighted by molar-refractivity contribution is 5.80. The molecule has 2 fully saturated rings. The third-order valence-corrected chi connectivity index (χ3v) is 3.43. The van der Waals surface area contributed by atoms with Crippen LogP contribution in [0.1, 0.15) is 19.3 Å². The van der Waals surface area contributed by atoms with Crippen LogP contribution in [0.25, 0.3) is 0 Å². The van der Waals surface area contributed by atoms with Crippen molar-refractivity contribution in [1.82, 2.24) is 10.4 Å². The molecule has 2 N–H and O–H groups in total. The van der Waals surface area contributed by atoms with Gasteiger partial charge >= 0.3 is 5.97 Å². The van der Waals surface area contributed by atoms with Crippen LogP contribution in [0.3, 0.4) is 0 Å². The topological polar surface area (TPSA) is 78.9 Å². The lowest BCUT2D eigenvalue weighted by molar-refractivity contribution is -0.141. The van der Waals surface area contributed by atoms with Crippen LogP contribution in [0, 0.1) is 11.8 Å². The van der Waals surface area contributed by atoms with E-state index in [-0.39, 0.29) is 17.7 Å². The predicted octanol–water partition coefficient (Wildman–Crippen LogP) is -0.149. The molecule has 2 aliphatic rings. The summed E-state index contributed by atoms with van der Waals surface area (Å²) in [6.07, 6.45) is 1.75. The Balaban J connectivity index is 1.78. The molecule has 96 valence electrons. The number of hydrazine groups is 1. The highest BCUT2D eigenvalue weighted by Gasteiger charge is 2.34. The summed E-state index contributed by atoms with van der Waals surface area (Å²) in [6, 6.07) is 0. The van der Waals surface area contributed by atoms with E-state index in [0.29, 0.717) is 45.6 Å². The first kappa shape index (κ1) is 12.3. The molecule has 0 unspecified atom stereocenters. The van der Waals surface area contributed by atoms with Gasteiger partial charge in [0, 0.05) is 19.0 Å². The Hall–Kier alpha value is -1.14. The van der Waals surface area contributed by atoms with Crippen molar-refractivity contribution in [1.29, 1.82) is 0 Å². The molecule has 2 atom stereocenters. The Morgan fingerprint density at radius 2 is 1.82 bits per heavy atom. The van der Waals surface area contributed by atoms with Gasteiger partial charge < -0.3 is 9.84 Å². The maximum atomic E-state index is 11.9. The number of amides is 1. The molecule has 17 heavy (non-hydrogen) atoms. The molecule has 0 radical (unpaired) electrons. The van der Waals surface area contributed by atoms with Crippen LogP contribution in [-0.2, 0) is 14.3 Å². The van der Waals surface area contributed by atoms with Crippen molar-refractivity contribution >= 4 is 11.9 Å². The summed E-state index contributed by atoms with van der Waals surface area (Å²) >= 11 is 0. The maximum Gasteiger partial charge on any atom is 0.306 e. The van der Waals surface area contributed by atoms with Gasteiger partial charge in [-0.25, -0.2) is 5.01 Å². The smallest absolute Gasteiger partial charge is 0.306 e. The number of hydrogen-bond acceptors (Lipinski definition) is 4. The molecular formula is C11H18N2O4. The van der Waals surface area contributed by atoms with E-state index in [9.17, 15) is 9.59 Å². The minimum Gasteiger partial charge on any atom is -0.481 e. The van der Waals surface area contributed by atoms with Crippen molar-refractivity contribution in [3.63, 3.8) is 0 Å². The Morgan fingerprint density at radius 3 is 2.41 bits per heavy atom. The number of hydrogen-bond donors (Lipinski definition) is 2. The van der Waals surface area contributed by atoms with E-state index in [2.05, 4.69) is 5.43 Å².